The van der Waals surface area contributed by atoms with Gasteiger partial charge in [-0.15, -0.1) is 0 Å². The molecule has 0 radical (unpaired) electrons. The van der Waals surface area contributed by atoms with E-state index in [1.165, 1.54) is 0 Å². The van der Waals surface area contributed by atoms with Gasteiger partial charge in [-0.25, -0.2) is 4.63 Å². The minimum absolute atomic E-state index is 0.117. The first kappa shape index (κ1) is 10.4. The van der Waals surface area contributed by atoms with Crippen molar-refractivity contribution in [2.45, 2.75) is 6.42 Å². The van der Waals surface area contributed by atoms with E-state index in [9.17, 15) is 0 Å². The molecule has 0 aliphatic rings. The van der Waals surface area contributed by atoms with E-state index < -0.39 is 0 Å². The van der Waals surface area contributed by atoms with E-state index in [4.69, 9.17) is 10.3 Å². The van der Waals surface area contributed by atoms with Crippen molar-refractivity contribution in [3.63, 3.8) is 0 Å². The maximum absolute atomic E-state index is 5.53. The lowest BCUT2D eigenvalue weighted by atomic mass is 10.2. The molecule has 0 saturated heterocycles. The van der Waals surface area contributed by atoms with Crippen molar-refractivity contribution in [2.75, 3.05) is 5.73 Å². The first-order chi connectivity index (χ1) is 8.83. The van der Waals surface area contributed by atoms with Crippen LogP contribution in [0.2, 0.25) is 0 Å². The number of pyridine rings is 1. The normalized spacial score (nSPS) is 10.7. The lowest BCUT2D eigenvalue weighted by Gasteiger charge is -1.93. The molecule has 3 rings (SSSR count). The van der Waals surface area contributed by atoms with E-state index in [1.807, 2.05) is 12.1 Å². The molecule has 3 heterocycles. The predicted molar refractivity (Wildman–Crippen MR) is 59.0 cm³/mol. The van der Waals surface area contributed by atoms with Crippen molar-refractivity contribution in [3.8, 4) is 11.6 Å². The monoisotopic (exact) mass is 244 g/mol. The molecule has 0 saturated carbocycles. The average molecular weight is 244 g/mol. The molecule has 0 amide bonds. The van der Waals surface area contributed by atoms with Gasteiger partial charge in [0.15, 0.2) is 5.82 Å². The molecule has 0 bridgehead atoms. The molecule has 8 nitrogen and oxygen atoms in total. The number of rotatable bonds is 3. The van der Waals surface area contributed by atoms with Gasteiger partial charge in [-0.3, -0.25) is 4.98 Å². The van der Waals surface area contributed by atoms with Gasteiger partial charge in [0.1, 0.15) is 0 Å². The highest BCUT2D eigenvalue weighted by atomic mass is 16.6. The van der Waals surface area contributed by atoms with E-state index in [2.05, 4.69) is 30.1 Å². The Morgan fingerprint density at radius 3 is 2.89 bits per heavy atom. The molecule has 8 heteroatoms. The van der Waals surface area contributed by atoms with Crippen LogP contribution in [0.4, 0.5) is 5.82 Å². The van der Waals surface area contributed by atoms with Crippen LogP contribution in [0, 0.1) is 0 Å². The van der Waals surface area contributed by atoms with Crippen LogP contribution < -0.4 is 5.73 Å². The summed E-state index contributed by atoms with van der Waals surface area (Å²) < 4.78 is 9.50. The second-order valence-electron chi connectivity index (χ2n) is 3.55. The Labute approximate surface area is 101 Å². The molecule has 0 aliphatic carbocycles. The fourth-order valence-electron chi connectivity index (χ4n) is 1.45. The second-order valence-corrected chi connectivity index (χ2v) is 3.55. The number of nitrogens with zero attached hydrogens (tertiary/aromatic N) is 5. The average Bonchev–Trinajstić information content (AvgIpc) is 2.99. The molecule has 2 N–H and O–H groups in total. The van der Waals surface area contributed by atoms with Gasteiger partial charge in [0, 0.05) is 18.8 Å². The van der Waals surface area contributed by atoms with Crippen LogP contribution in [0.5, 0.6) is 0 Å². The summed E-state index contributed by atoms with van der Waals surface area (Å²) in [6.45, 7) is 0. The van der Waals surface area contributed by atoms with Crippen molar-refractivity contribution in [3.05, 3.63) is 35.9 Å². The first-order valence-corrected chi connectivity index (χ1v) is 5.13. The molecule has 90 valence electrons. The van der Waals surface area contributed by atoms with Crippen molar-refractivity contribution in [2.24, 2.45) is 0 Å². The van der Waals surface area contributed by atoms with Crippen LogP contribution in [-0.2, 0) is 6.42 Å². The van der Waals surface area contributed by atoms with Crippen LogP contribution in [0.25, 0.3) is 11.6 Å². The van der Waals surface area contributed by atoms with E-state index in [-0.39, 0.29) is 17.4 Å². The van der Waals surface area contributed by atoms with Gasteiger partial charge in [0.05, 0.1) is 0 Å². The summed E-state index contributed by atoms with van der Waals surface area (Å²) in [6, 6.07) is 3.77. The molecule has 18 heavy (non-hydrogen) atoms. The maximum atomic E-state index is 5.53. The largest absolute Gasteiger partial charge is 0.379 e. The highest BCUT2D eigenvalue weighted by Gasteiger charge is 2.17. The molecule has 0 aromatic carbocycles. The number of nitrogens with two attached hydrogens (primary N) is 1. The summed E-state index contributed by atoms with van der Waals surface area (Å²) in [5, 5.41) is 10.9. The van der Waals surface area contributed by atoms with Gasteiger partial charge in [-0.2, -0.15) is 4.98 Å². The van der Waals surface area contributed by atoms with E-state index in [0.717, 1.165) is 5.56 Å². The summed E-state index contributed by atoms with van der Waals surface area (Å²) >= 11 is 0. The Bertz CT molecular complexity index is 647. The third kappa shape index (κ3) is 1.90. The SMILES string of the molecule is Nc1nonc1-c1nc(Cc2cccnc2)no1. The third-order valence-corrected chi connectivity index (χ3v) is 2.27. The van der Waals surface area contributed by atoms with Gasteiger partial charge < -0.3 is 10.3 Å². The zero-order valence-corrected chi connectivity index (χ0v) is 9.15. The van der Waals surface area contributed by atoms with Crippen molar-refractivity contribution < 1.29 is 9.15 Å². The number of aromatic nitrogens is 5. The van der Waals surface area contributed by atoms with Crippen LogP contribution in [0.15, 0.2) is 33.7 Å². The summed E-state index contributed by atoms with van der Waals surface area (Å²) in [4.78, 5) is 8.17. The topological polar surface area (TPSA) is 117 Å². The molecule has 3 aromatic rings. The molecular formula is C10H8N6O2. The van der Waals surface area contributed by atoms with E-state index in [1.54, 1.807) is 12.4 Å². The summed E-state index contributed by atoms with van der Waals surface area (Å²) in [5.41, 5.74) is 6.76. The van der Waals surface area contributed by atoms with E-state index >= 15 is 0 Å². The van der Waals surface area contributed by atoms with Crippen LogP contribution in [-0.4, -0.2) is 25.4 Å². The molecule has 0 unspecified atom stereocenters. The highest BCUT2D eigenvalue weighted by Crippen LogP contribution is 2.20. The van der Waals surface area contributed by atoms with Gasteiger partial charge >= 0.3 is 0 Å². The Balaban J connectivity index is 1.84. The fourth-order valence-corrected chi connectivity index (χ4v) is 1.45. The Hall–Kier alpha value is -2.77. The summed E-state index contributed by atoms with van der Waals surface area (Å²) in [7, 11) is 0. The van der Waals surface area contributed by atoms with Crippen LogP contribution >= 0.6 is 0 Å². The van der Waals surface area contributed by atoms with Gasteiger partial charge in [-0.1, -0.05) is 11.2 Å². The van der Waals surface area contributed by atoms with Crippen LogP contribution in [0.3, 0.4) is 0 Å². The predicted octanol–water partition coefficient (Wildman–Crippen LogP) is 0.688. The molecule has 0 spiro atoms. The zero-order chi connectivity index (χ0) is 12.4. The number of hydrogen-bond donors (Lipinski definition) is 1. The zero-order valence-electron chi connectivity index (χ0n) is 9.15. The molecular weight excluding hydrogens is 236 g/mol. The molecule has 0 fully saturated rings. The Morgan fingerprint density at radius 1 is 1.22 bits per heavy atom. The third-order valence-electron chi connectivity index (χ3n) is 2.27. The smallest absolute Gasteiger partial charge is 0.284 e. The standard InChI is InChI=1S/C10H8N6O2/c11-9-8(15-18-16-9)10-13-7(14-17-10)4-6-2-1-3-12-5-6/h1-3,5H,4H2,(H2,11,16). The Morgan fingerprint density at radius 2 is 2.17 bits per heavy atom. The van der Waals surface area contributed by atoms with E-state index in [0.29, 0.717) is 12.2 Å². The van der Waals surface area contributed by atoms with Gasteiger partial charge in [-0.05, 0) is 21.9 Å². The summed E-state index contributed by atoms with van der Waals surface area (Å²) in [6.07, 6.45) is 3.96. The number of anilines is 1. The first-order valence-electron chi connectivity index (χ1n) is 5.13. The lowest BCUT2D eigenvalue weighted by molar-refractivity contribution is 0.308. The van der Waals surface area contributed by atoms with Crippen molar-refractivity contribution >= 4 is 5.82 Å². The minimum Gasteiger partial charge on any atom is -0.379 e. The molecule has 0 aliphatic heterocycles. The number of hydrogen-bond acceptors (Lipinski definition) is 8. The fraction of sp³-hybridized carbons (Fsp3) is 0.100. The van der Waals surface area contributed by atoms with Gasteiger partial charge in [0.25, 0.3) is 5.89 Å². The Kier molecular flexibility index (Phi) is 2.45. The van der Waals surface area contributed by atoms with Crippen LogP contribution in [0.1, 0.15) is 11.4 Å². The van der Waals surface area contributed by atoms with Gasteiger partial charge in [0.2, 0.25) is 11.5 Å². The highest BCUT2D eigenvalue weighted by molar-refractivity contribution is 5.60. The number of nitrogen functional groups attached to an aromatic ring is 1. The van der Waals surface area contributed by atoms with Crippen molar-refractivity contribution in [1.29, 1.82) is 0 Å². The quantitative estimate of drug-likeness (QED) is 0.714. The van der Waals surface area contributed by atoms with Crippen molar-refractivity contribution in [1.82, 2.24) is 25.4 Å². The maximum Gasteiger partial charge on any atom is 0.284 e. The molecule has 0 atom stereocenters. The summed E-state index contributed by atoms with van der Waals surface area (Å²) in [5.74, 6) is 0.819. The second kappa shape index (κ2) is 4.24. The lowest BCUT2D eigenvalue weighted by Crippen LogP contribution is -1.92. The molecule has 3 aromatic heterocycles. The minimum atomic E-state index is 0.117.